The molecule has 0 aliphatic carbocycles. The van der Waals surface area contributed by atoms with Crippen molar-refractivity contribution in [1.29, 1.82) is 0 Å². The van der Waals surface area contributed by atoms with Crippen LogP contribution in [0, 0.1) is 13.8 Å². The predicted octanol–water partition coefficient (Wildman–Crippen LogP) is 1.30. The average Bonchev–Trinajstić information content (AvgIpc) is 3.36. The number of hydrogen-bond donors (Lipinski definition) is 0. The van der Waals surface area contributed by atoms with Crippen molar-refractivity contribution in [3.8, 4) is 0 Å². The first-order chi connectivity index (χ1) is 13.5. The van der Waals surface area contributed by atoms with E-state index in [1.165, 1.54) is 15.9 Å². The fraction of sp³-hybridized carbons (Fsp3) is 0.579. The van der Waals surface area contributed by atoms with Crippen LogP contribution in [-0.4, -0.2) is 51.9 Å². The molecular weight excluding hydrogens is 356 g/mol. The van der Waals surface area contributed by atoms with Crippen molar-refractivity contribution in [2.45, 2.75) is 52.6 Å². The third-order valence-electron chi connectivity index (χ3n) is 5.75. The average molecular weight is 384 g/mol. The van der Waals surface area contributed by atoms with Gasteiger partial charge in [0.1, 0.15) is 18.5 Å². The molecule has 0 unspecified atom stereocenters. The Labute approximate surface area is 164 Å². The minimum atomic E-state index is -0.0212. The van der Waals surface area contributed by atoms with Crippen molar-refractivity contribution >= 4 is 0 Å². The Morgan fingerprint density at radius 2 is 1.96 bits per heavy atom. The second-order valence-corrected chi connectivity index (χ2v) is 7.63. The molecule has 1 atom stereocenters. The first-order valence-electron chi connectivity index (χ1n) is 9.88. The van der Waals surface area contributed by atoms with Crippen LogP contribution in [0.15, 0.2) is 23.5 Å². The fourth-order valence-electron chi connectivity index (χ4n) is 4.41. The zero-order valence-corrected chi connectivity index (χ0v) is 17.0. The summed E-state index contributed by atoms with van der Waals surface area (Å²) < 4.78 is 7.31. The molecule has 0 N–H and O–H groups in total. The Morgan fingerprint density at radius 3 is 2.68 bits per heavy atom. The molecule has 4 rings (SSSR count). The maximum Gasteiger partial charge on any atom is 0.345 e. The van der Waals surface area contributed by atoms with E-state index in [9.17, 15) is 4.79 Å². The molecule has 3 aromatic heterocycles. The van der Waals surface area contributed by atoms with Crippen molar-refractivity contribution in [3.63, 3.8) is 0 Å². The maximum absolute atomic E-state index is 12.3. The highest BCUT2D eigenvalue weighted by molar-refractivity contribution is 5.27. The van der Waals surface area contributed by atoms with Gasteiger partial charge in [0.15, 0.2) is 0 Å². The standard InChI is InChI=1S/C19H28N8O/c1-5-26-18(22-23(4)19(26)28)16-7-6-8-24(10-16)11-17-9-14(2)27(15(17)3)25-12-20-21-13-25/h9,12-13,16H,5-8,10-11H2,1-4H3/t16-/m1/s1. The van der Waals surface area contributed by atoms with E-state index in [1.807, 2.05) is 16.2 Å². The van der Waals surface area contributed by atoms with Crippen LogP contribution in [0.3, 0.4) is 0 Å². The van der Waals surface area contributed by atoms with Crippen LogP contribution in [0.4, 0.5) is 0 Å². The van der Waals surface area contributed by atoms with Gasteiger partial charge in [-0.15, -0.1) is 10.2 Å². The number of aryl methyl sites for hydroxylation is 2. The van der Waals surface area contributed by atoms with Crippen LogP contribution in [0.2, 0.25) is 0 Å². The highest BCUT2D eigenvalue weighted by Crippen LogP contribution is 2.27. The Kier molecular flexibility index (Phi) is 4.92. The minimum Gasteiger partial charge on any atom is -0.298 e. The predicted molar refractivity (Wildman–Crippen MR) is 105 cm³/mol. The summed E-state index contributed by atoms with van der Waals surface area (Å²) in [5.74, 6) is 1.22. The molecule has 1 aliphatic rings. The molecule has 0 amide bonds. The van der Waals surface area contributed by atoms with Crippen LogP contribution < -0.4 is 5.69 Å². The Morgan fingerprint density at radius 1 is 1.21 bits per heavy atom. The van der Waals surface area contributed by atoms with E-state index in [4.69, 9.17) is 0 Å². The summed E-state index contributed by atoms with van der Waals surface area (Å²) >= 11 is 0. The van der Waals surface area contributed by atoms with Crippen LogP contribution in [-0.2, 0) is 20.1 Å². The zero-order chi connectivity index (χ0) is 19.8. The van der Waals surface area contributed by atoms with Crippen molar-refractivity contribution in [2.75, 3.05) is 13.1 Å². The van der Waals surface area contributed by atoms with Crippen LogP contribution >= 0.6 is 0 Å². The lowest BCUT2D eigenvalue weighted by Crippen LogP contribution is -2.35. The number of nitrogens with zero attached hydrogens (tertiary/aromatic N) is 8. The summed E-state index contributed by atoms with van der Waals surface area (Å²) in [5.41, 5.74) is 3.64. The van der Waals surface area contributed by atoms with E-state index in [0.717, 1.165) is 44.0 Å². The third kappa shape index (κ3) is 3.19. The highest BCUT2D eigenvalue weighted by Gasteiger charge is 2.27. The largest absolute Gasteiger partial charge is 0.345 e. The number of aromatic nitrogens is 7. The van der Waals surface area contributed by atoms with Crippen molar-refractivity contribution in [3.05, 3.63) is 52.0 Å². The van der Waals surface area contributed by atoms with Crippen LogP contribution in [0.5, 0.6) is 0 Å². The molecule has 9 heteroatoms. The molecule has 3 aromatic rings. The number of likely N-dealkylation sites (tertiary alicyclic amines) is 1. The van der Waals surface area contributed by atoms with Gasteiger partial charge in [-0.25, -0.2) is 14.2 Å². The van der Waals surface area contributed by atoms with Gasteiger partial charge in [-0.1, -0.05) is 0 Å². The molecule has 28 heavy (non-hydrogen) atoms. The zero-order valence-electron chi connectivity index (χ0n) is 17.0. The monoisotopic (exact) mass is 384 g/mol. The van der Waals surface area contributed by atoms with Crippen molar-refractivity contribution in [2.24, 2.45) is 7.05 Å². The van der Waals surface area contributed by atoms with Gasteiger partial charge in [-0.3, -0.25) is 14.1 Å². The summed E-state index contributed by atoms with van der Waals surface area (Å²) in [6.45, 7) is 9.79. The summed E-state index contributed by atoms with van der Waals surface area (Å²) in [7, 11) is 1.73. The van der Waals surface area contributed by atoms with Gasteiger partial charge in [0.25, 0.3) is 0 Å². The van der Waals surface area contributed by atoms with E-state index in [0.29, 0.717) is 12.5 Å². The molecule has 0 radical (unpaired) electrons. The molecule has 0 aromatic carbocycles. The Balaban J connectivity index is 1.55. The molecule has 4 heterocycles. The van der Waals surface area contributed by atoms with E-state index >= 15 is 0 Å². The molecule has 0 saturated carbocycles. The van der Waals surface area contributed by atoms with E-state index in [2.05, 4.69) is 44.8 Å². The maximum atomic E-state index is 12.3. The lowest BCUT2D eigenvalue weighted by atomic mass is 9.96. The van der Waals surface area contributed by atoms with Gasteiger partial charge in [-0.2, -0.15) is 5.10 Å². The normalized spacial score (nSPS) is 18.1. The molecule has 0 bridgehead atoms. The van der Waals surface area contributed by atoms with Gasteiger partial charge in [0.05, 0.1) is 0 Å². The lowest BCUT2D eigenvalue weighted by molar-refractivity contribution is 0.194. The quantitative estimate of drug-likeness (QED) is 0.663. The van der Waals surface area contributed by atoms with E-state index in [1.54, 1.807) is 19.7 Å². The molecule has 0 spiro atoms. The summed E-state index contributed by atoms with van der Waals surface area (Å²) in [4.78, 5) is 14.7. The van der Waals surface area contributed by atoms with Crippen molar-refractivity contribution < 1.29 is 0 Å². The van der Waals surface area contributed by atoms with Gasteiger partial charge < -0.3 is 0 Å². The SMILES string of the molecule is CCn1c([C@@H]2CCCN(Cc3cc(C)n(-n4cnnc4)c3C)C2)nn(C)c1=O. The molecule has 1 fully saturated rings. The first kappa shape index (κ1) is 18.7. The van der Waals surface area contributed by atoms with Crippen LogP contribution in [0.1, 0.15) is 48.5 Å². The highest BCUT2D eigenvalue weighted by atomic mass is 16.2. The summed E-state index contributed by atoms with van der Waals surface area (Å²) in [6.07, 6.45) is 5.62. The smallest absolute Gasteiger partial charge is 0.298 e. The molecule has 1 saturated heterocycles. The third-order valence-corrected chi connectivity index (χ3v) is 5.75. The molecular formula is C19H28N8O. The molecule has 9 nitrogen and oxygen atoms in total. The van der Waals surface area contributed by atoms with Gasteiger partial charge in [0.2, 0.25) is 0 Å². The van der Waals surface area contributed by atoms with E-state index in [-0.39, 0.29) is 5.69 Å². The number of piperidine rings is 1. The van der Waals surface area contributed by atoms with Gasteiger partial charge >= 0.3 is 5.69 Å². The first-order valence-corrected chi connectivity index (χ1v) is 9.88. The van der Waals surface area contributed by atoms with Crippen LogP contribution in [0.25, 0.3) is 0 Å². The second kappa shape index (κ2) is 7.38. The Bertz CT molecular complexity index is 1010. The lowest BCUT2D eigenvalue weighted by Gasteiger charge is -2.32. The summed E-state index contributed by atoms with van der Waals surface area (Å²) in [5, 5.41) is 12.4. The molecule has 1 aliphatic heterocycles. The molecule has 150 valence electrons. The fourth-order valence-corrected chi connectivity index (χ4v) is 4.41. The van der Waals surface area contributed by atoms with E-state index < -0.39 is 0 Å². The Hall–Kier alpha value is -2.68. The van der Waals surface area contributed by atoms with Gasteiger partial charge in [-0.05, 0) is 51.8 Å². The minimum absolute atomic E-state index is 0.0212. The number of hydrogen-bond acceptors (Lipinski definition) is 5. The second-order valence-electron chi connectivity index (χ2n) is 7.63. The van der Waals surface area contributed by atoms with Crippen molar-refractivity contribution in [1.82, 2.24) is 38.8 Å². The number of rotatable bonds is 5. The van der Waals surface area contributed by atoms with Gasteiger partial charge in [0, 0.05) is 44.0 Å². The summed E-state index contributed by atoms with van der Waals surface area (Å²) in [6, 6.07) is 2.24. The topological polar surface area (TPSA) is 78.7 Å².